The van der Waals surface area contributed by atoms with E-state index in [0.717, 1.165) is 19.3 Å². The van der Waals surface area contributed by atoms with Crippen molar-refractivity contribution >= 4 is 34.2 Å². The average molecular weight is 468 g/mol. The predicted octanol–water partition coefficient (Wildman–Crippen LogP) is 4.13. The second-order valence-electron chi connectivity index (χ2n) is 9.59. The molecular formula is C22H29IO3. The number of allylic oxidation sites excluding steroid dienone is 4. The Morgan fingerprint density at radius 3 is 2.81 bits per heavy atom. The van der Waals surface area contributed by atoms with Crippen LogP contribution < -0.4 is 0 Å². The van der Waals surface area contributed by atoms with Crippen LogP contribution in [0.15, 0.2) is 23.8 Å². The Labute approximate surface area is 169 Å². The highest BCUT2D eigenvalue weighted by Crippen LogP contribution is 2.67. The predicted molar refractivity (Wildman–Crippen MR) is 110 cm³/mol. The lowest BCUT2D eigenvalue weighted by atomic mass is 9.46. The molecule has 0 saturated heterocycles. The molecule has 142 valence electrons. The van der Waals surface area contributed by atoms with Crippen LogP contribution in [-0.4, -0.2) is 27.2 Å². The highest BCUT2D eigenvalue weighted by atomic mass is 127. The molecule has 4 heteroatoms. The number of rotatable bonds is 2. The molecule has 3 nitrogen and oxygen atoms in total. The minimum atomic E-state index is -0.414. The third kappa shape index (κ3) is 2.47. The zero-order chi connectivity index (χ0) is 18.9. The molecule has 8 atom stereocenters. The largest absolute Gasteiger partial charge is 0.393 e. The van der Waals surface area contributed by atoms with Crippen LogP contribution in [0, 0.1) is 40.4 Å². The van der Waals surface area contributed by atoms with Crippen molar-refractivity contribution in [1.29, 1.82) is 0 Å². The molecule has 4 rings (SSSR count). The number of hydrogen-bond acceptors (Lipinski definition) is 3. The number of carbonyl (C=O) groups excluding carboxylic acids is 2. The molecule has 0 aliphatic heterocycles. The summed E-state index contributed by atoms with van der Waals surface area (Å²) in [6.45, 7) is 6.70. The molecular weight excluding hydrogens is 439 g/mol. The van der Waals surface area contributed by atoms with Gasteiger partial charge in [-0.3, -0.25) is 9.59 Å². The molecule has 26 heavy (non-hydrogen) atoms. The van der Waals surface area contributed by atoms with Crippen molar-refractivity contribution in [3.63, 3.8) is 0 Å². The monoisotopic (exact) mass is 468 g/mol. The maximum Gasteiger partial charge on any atom is 0.178 e. The summed E-state index contributed by atoms with van der Waals surface area (Å²) in [5.74, 6) is 1.99. The quantitative estimate of drug-likeness (QED) is 0.490. The Kier molecular flexibility index (Phi) is 4.54. The molecule has 0 radical (unpaired) electrons. The second-order valence-corrected chi connectivity index (χ2v) is 10.4. The van der Waals surface area contributed by atoms with Crippen molar-refractivity contribution in [3.05, 3.63) is 23.8 Å². The van der Waals surface area contributed by atoms with E-state index in [1.165, 1.54) is 5.57 Å². The van der Waals surface area contributed by atoms with Crippen LogP contribution in [0.2, 0.25) is 0 Å². The molecule has 3 saturated carbocycles. The number of fused-ring (bicyclic) bond motifs is 5. The van der Waals surface area contributed by atoms with Crippen LogP contribution in [0.5, 0.6) is 0 Å². The first kappa shape index (κ1) is 18.9. The van der Waals surface area contributed by atoms with Gasteiger partial charge in [-0.1, -0.05) is 55.0 Å². The van der Waals surface area contributed by atoms with E-state index in [4.69, 9.17) is 0 Å². The van der Waals surface area contributed by atoms with Gasteiger partial charge in [0, 0.05) is 17.3 Å². The average Bonchev–Trinajstić information content (AvgIpc) is 2.84. The minimum absolute atomic E-state index is 0.0771. The van der Waals surface area contributed by atoms with Gasteiger partial charge in [0.2, 0.25) is 0 Å². The Morgan fingerprint density at radius 1 is 1.38 bits per heavy atom. The van der Waals surface area contributed by atoms with Gasteiger partial charge in [0.1, 0.15) is 5.78 Å². The summed E-state index contributed by atoms with van der Waals surface area (Å²) < 4.78 is 0.564. The minimum Gasteiger partial charge on any atom is -0.393 e. The molecule has 0 bridgehead atoms. The zero-order valence-electron chi connectivity index (χ0n) is 15.9. The molecule has 0 aromatic rings. The fourth-order valence-electron chi connectivity index (χ4n) is 7.46. The summed E-state index contributed by atoms with van der Waals surface area (Å²) in [6, 6.07) is 0. The first-order valence-electron chi connectivity index (χ1n) is 9.93. The standard InChI is InChI=1S/C22H29IO3/c1-12-8-16-15-5-4-13-9-14(24)6-7-21(13,2)20(15)17(25)10-22(16,3)19(12)18(26)11-23/h6-7,9,12,15-17,19-20,25H,4-5,8,10-11H2,1-3H3/t12-,15+,16+,17-,19-,20-,21+,22+/m1/s1. The topological polar surface area (TPSA) is 54.4 Å². The number of ketones is 2. The van der Waals surface area contributed by atoms with Crippen LogP contribution >= 0.6 is 22.6 Å². The lowest BCUT2D eigenvalue weighted by Crippen LogP contribution is -2.56. The van der Waals surface area contributed by atoms with E-state index in [0.29, 0.717) is 34.4 Å². The molecule has 0 spiro atoms. The fraction of sp³-hybridized carbons (Fsp3) is 0.727. The normalized spacial score (nSPS) is 49.9. The van der Waals surface area contributed by atoms with E-state index in [9.17, 15) is 14.7 Å². The molecule has 1 N–H and O–H groups in total. The van der Waals surface area contributed by atoms with E-state index in [1.807, 2.05) is 0 Å². The van der Waals surface area contributed by atoms with E-state index < -0.39 is 6.10 Å². The summed E-state index contributed by atoms with van der Waals surface area (Å²) in [6.07, 6.45) is 8.90. The Balaban J connectivity index is 1.74. The Bertz CT molecular complexity index is 710. The highest BCUT2D eigenvalue weighted by Gasteiger charge is 2.63. The maximum atomic E-state index is 12.7. The number of aliphatic hydroxyl groups excluding tert-OH is 1. The fourth-order valence-corrected chi connectivity index (χ4v) is 7.94. The smallest absolute Gasteiger partial charge is 0.178 e. The number of halogens is 1. The third-order valence-corrected chi connectivity index (χ3v) is 9.07. The molecule has 0 aromatic heterocycles. The first-order chi connectivity index (χ1) is 12.2. The van der Waals surface area contributed by atoms with Crippen LogP contribution in [0.25, 0.3) is 0 Å². The zero-order valence-corrected chi connectivity index (χ0v) is 18.0. The Hall–Kier alpha value is -0.490. The Morgan fingerprint density at radius 2 is 2.12 bits per heavy atom. The summed E-state index contributed by atoms with van der Waals surface area (Å²) in [7, 11) is 0. The second kappa shape index (κ2) is 6.26. The van der Waals surface area contributed by atoms with Crippen LogP contribution in [0.4, 0.5) is 0 Å². The maximum absolute atomic E-state index is 12.7. The first-order valence-corrected chi connectivity index (χ1v) is 11.5. The third-order valence-electron chi connectivity index (χ3n) is 8.31. The SMILES string of the molecule is C[C@@H]1C[C@H]2[C@@H]3CCC4=CC(=O)C=C[C@]4(C)[C@H]3[C@H](O)C[C@]2(C)[C@H]1C(=O)CI. The van der Waals surface area contributed by atoms with Crippen molar-refractivity contribution < 1.29 is 14.7 Å². The van der Waals surface area contributed by atoms with E-state index >= 15 is 0 Å². The highest BCUT2D eigenvalue weighted by molar-refractivity contribution is 14.1. The van der Waals surface area contributed by atoms with Gasteiger partial charge in [-0.2, -0.15) is 0 Å². The lowest BCUT2D eigenvalue weighted by molar-refractivity contribution is -0.138. The molecule has 4 aliphatic rings. The summed E-state index contributed by atoms with van der Waals surface area (Å²) in [5.41, 5.74) is 0.889. The molecule has 0 aromatic carbocycles. The van der Waals surface area contributed by atoms with E-state index in [-0.39, 0.29) is 28.4 Å². The van der Waals surface area contributed by atoms with Gasteiger partial charge in [-0.15, -0.1) is 0 Å². The lowest BCUT2D eigenvalue weighted by Gasteiger charge is -2.58. The van der Waals surface area contributed by atoms with Crippen molar-refractivity contribution in [1.82, 2.24) is 0 Å². The van der Waals surface area contributed by atoms with Gasteiger partial charge < -0.3 is 5.11 Å². The molecule has 3 fully saturated rings. The van der Waals surface area contributed by atoms with E-state index in [1.54, 1.807) is 12.2 Å². The summed E-state index contributed by atoms with van der Waals surface area (Å²) in [5, 5.41) is 11.3. The van der Waals surface area contributed by atoms with Crippen LogP contribution in [-0.2, 0) is 9.59 Å². The number of Topliss-reactive ketones (excluding diaryl/α,β-unsaturated/α-hetero) is 1. The molecule has 0 unspecified atom stereocenters. The van der Waals surface area contributed by atoms with Crippen molar-refractivity contribution in [2.75, 3.05) is 4.43 Å². The van der Waals surface area contributed by atoms with Crippen molar-refractivity contribution in [2.24, 2.45) is 40.4 Å². The molecule has 0 heterocycles. The van der Waals surface area contributed by atoms with Crippen LogP contribution in [0.1, 0.15) is 46.5 Å². The van der Waals surface area contributed by atoms with Gasteiger partial charge in [-0.25, -0.2) is 0 Å². The van der Waals surface area contributed by atoms with Gasteiger partial charge in [0.05, 0.1) is 10.5 Å². The number of hydrogen-bond donors (Lipinski definition) is 1. The summed E-state index contributed by atoms with van der Waals surface area (Å²) >= 11 is 2.19. The number of alkyl halides is 1. The number of carbonyl (C=O) groups is 2. The van der Waals surface area contributed by atoms with Crippen molar-refractivity contribution in [3.8, 4) is 0 Å². The number of aliphatic hydroxyl groups is 1. The van der Waals surface area contributed by atoms with Gasteiger partial charge in [-0.05, 0) is 61.0 Å². The van der Waals surface area contributed by atoms with Crippen molar-refractivity contribution in [2.45, 2.75) is 52.6 Å². The molecule has 0 amide bonds. The van der Waals surface area contributed by atoms with Gasteiger partial charge in [0.25, 0.3) is 0 Å². The van der Waals surface area contributed by atoms with E-state index in [2.05, 4.69) is 49.4 Å². The molecule has 4 aliphatic carbocycles. The summed E-state index contributed by atoms with van der Waals surface area (Å²) in [4.78, 5) is 24.6. The van der Waals surface area contributed by atoms with Gasteiger partial charge >= 0.3 is 0 Å². The van der Waals surface area contributed by atoms with Gasteiger partial charge in [0.15, 0.2) is 5.78 Å². The van der Waals surface area contributed by atoms with Crippen LogP contribution in [0.3, 0.4) is 0 Å².